The van der Waals surface area contributed by atoms with E-state index in [2.05, 4.69) is 5.32 Å². The summed E-state index contributed by atoms with van der Waals surface area (Å²) in [6.45, 7) is 0.0491. The molecule has 11 heteroatoms. The Hall–Kier alpha value is -2.82. The zero-order valence-corrected chi connectivity index (χ0v) is 16.7. The molecule has 6 nitrogen and oxygen atoms in total. The minimum absolute atomic E-state index is 0.0491. The van der Waals surface area contributed by atoms with Gasteiger partial charge in [-0.3, -0.25) is 9.59 Å². The van der Waals surface area contributed by atoms with E-state index in [0.717, 1.165) is 12.1 Å². The molecule has 0 unspecified atom stereocenters. The quantitative estimate of drug-likeness (QED) is 0.607. The number of hydrogen-bond donors (Lipinski definition) is 2. The van der Waals surface area contributed by atoms with Gasteiger partial charge in [-0.05, 0) is 42.5 Å². The van der Waals surface area contributed by atoms with Crippen molar-refractivity contribution >= 4 is 45.4 Å². The van der Waals surface area contributed by atoms with E-state index < -0.39 is 29.7 Å². The zero-order valence-electron chi connectivity index (χ0n) is 15.1. The topological polar surface area (TPSA) is 80.4 Å². The van der Waals surface area contributed by atoms with E-state index in [1.165, 1.54) is 45.2 Å². The molecule has 3 aromatic rings. The van der Waals surface area contributed by atoms with Gasteiger partial charge in [-0.2, -0.15) is 13.2 Å². The van der Waals surface area contributed by atoms with Gasteiger partial charge in [0, 0.05) is 11.9 Å². The van der Waals surface area contributed by atoms with Crippen molar-refractivity contribution in [2.24, 2.45) is 5.73 Å². The smallest absolute Gasteiger partial charge is 0.325 e. The lowest BCUT2D eigenvalue weighted by atomic mass is 10.1. The Kier molecular flexibility index (Phi) is 5.08. The summed E-state index contributed by atoms with van der Waals surface area (Å²) in [6, 6.07) is 8.96. The number of nitrogens with one attached hydrogen (secondary N) is 1. The van der Waals surface area contributed by atoms with Crippen molar-refractivity contribution in [2.45, 2.75) is 12.3 Å². The minimum atomic E-state index is -4.48. The van der Waals surface area contributed by atoms with Crippen molar-refractivity contribution in [3.63, 3.8) is 0 Å². The third-order valence-corrected chi connectivity index (χ3v) is 5.80. The van der Waals surface area contributed by atoms with Gasteiger partial charge >= 0.3 is 6.18 Å². The number of carbonyl (C=O) groups is 2. The standard InChI is InChI=1S/C19H14ClF3N4O2S/c20-13-5-6-15(30-13)25-17(28)12-7-8-26-14(24)9-27(18(29)16(12)26)11-3-1-10(2-4-11)19(21,22)23/h1-8,14H,9,24H2,(H,25,28)/t14-/m1/s1. The van der Waals surface area contributed by atoms with Gasteiger partial charge in [-0.25, -0.2) is 0 Å². The number of carbonyl (C=O) groups excluding carboxylic acids is 2. The molecular formula is C19H14ClF3N4O2S. The second-order valence-electron chi connectivity index (χ2n) is 6.57. The largest absolute Gasteiger partial charge is 0.416 e. The van der Waals surface area contributed by atoms with Crippen LogP contribution in [-0.4, -0.2) is 22.9 Å². The lowest BCUT2D eigenvalue weighted by Crippen LogP contribution is -2.46. The molecule has 0 radical (unpaired) electrons. The van der Waals surface area contributed by atoms with E-state index in [0.29, 0.717) is 9.34 Å². The molecule has 30 heavy (non-hydrogen) atoms. The molecule has 0 aliphatic carbocycles. The summed E-state index contributed by atoms with van der Waals surface area (Å²) >= 11 is 7.04. The number of rotatable bonds is 3. The molecule has 1 aliphatic rings. The van der Waals surface area contributed by atoms with Crippen LogP contribution in [0.15, 0.2) is 48.7 Å². The molecule has 3 N–H and O–H groups in total. The average Bonchev–Trinajstić information content (AvgIpc) is 3.31. The van der Waals surface area contributed by atoms with Crippen LogP contribution in [0, 0.1) is 0 Å². The van der Waals surface area contributed by atoms with Crippen LogP contribution in [0.4, 0.5) is 23.9 Å². The van der Waals surface area contributed by atoms with Crippen LogP contribution in [0.3, 0.4) is 0 Å². The van der Waals surface area contributed by atoms with Gasteiger partial charge in [-0.1, -0.05) is 11.6 Å². The molecule has 0 spiro atoms. The van der Waals surface area contributed by atoms with E-state index in [1.807, 2.05) is 0 Å². The molecule has 1 atom stereocenters. The predicted molar refractivity (Wildman–Crippen MR) is 108 cm³/mol. The van der Waals surface area contributed by atoms with Crippen molar-refractivity contribution in [3.05, 3.63) is 69.8 Å². The van der Waals surface area contributed by atoms with Crippen molar-refractivity contribution in [1.29, 1.82) is 0 Å². The maximum atomic E-state index is 13.1. The van der Waals surface area contributed by atoms with Crippen molar-refractivity contribution in [2.75, 3.05) is 16.8 Å². The number of nitrogens with two attached hydrogens (primary N) is 1. The molecular weight excluding hydrogens is 441 g/mol. The third-order valence-electron chi connectivity index (χ3n) is 4.65. The fraction of sp³-hybridized carbons (Fsp3) is 0.158. The SMILES string of the molecule is N[C@H]1CN(c2ccc(C(F)(F)F)cc2)C(=O)c2c(C(=O)Nc3ccc(Cl)s3)ccn21. The highest BCUT2D eigenvalue weighted by Gasteiger charge is 2.35. The highest BCUT2D eigenvalue weighted by Crippen LogP contribution is 2.33. The highest BCUT2D eigenvalue weighted by atomic mass is 35.5. The first kappa shape index (κ1) is 20.5. The predicted octanol–water partition coefficient (Wildman–Crippen LogP) is 4.59. The molecule has 1 aromatic carbocycles. The molecule has 3 heterocycles. The van der Waals surface area contributed by atoms with E-state index >= 15 is 0 Å². The Bertz CT molecular complexity index is 1120. The third kappa shape index (κ3) is 3.69. The van der Waals surface area contributed by atoms with Crippen molar-refractivity contribution in [1.82, 2.24) is 4.57 Å². The van der Waals surface area contributed by atoms with Crippen LogP contribution >= 0.6 is 22.9 Å². The normalized spacial score (nSPS) is 16.5. The Balaban J connectivity index is 1.65. The Labute approximate surface area is 177 Å². The van der Waals surface area contributed by atoms with Gasteiger partial charge in [-0.15, -0.1) is 11.3 Å². The van der Waals surface area contributed by atoms with E-state index in [-0.39, 0.29) is 23.5 Å². The maximum Gasteiger partial charge on any atom is 0.416 e. The summed E-state index contributed by atoms with van der Waals surface area (Å²) in [6.07, 6.45) is -3.61. The second-order valence-corrected chi connectivity index (χ2v) is 8.29. The average molecular weight is 455 g/mol. The summed E-state index contributed by atoms with van der Waals surface area (Å²) in [7, 11) is 0. The number of fused-ring (bicyclic) bond motifs is 1. The van der Waals surface area contributed by atoms with Gasteiger partial charge in [0.25, 0.3) is 11.8 Å². The lowest BCUT2D eigenvalue weighted by Gasteiger charge is -2.33. The molecule has 0 saturated carbocycles. The summed E-state index contributed by atoms with van der Waals surface area (Å²) in [5, 5.41) is 3.19. The summed E-state index contributed by atoms with van der Waals surface area (Å²) in [4.78, 5) is 27.1. The first-order valence-corrected chi connectivity index (χ1v) is 9.87. The van der Waals surface area contributed by atoms with Crippen molar-refractivity contribution < 1.29 is 22.8 Å². The van der Waals surface area contributed by atoms with Gasteiger partial charge < -0.3 is 20.5 Å². The number of anilines is 2. The number of aromatic nitrogens is 1. The Morgan fingerprint density at radius 3 is 2.47 bits per heavy atom. The fourth-order valence-electron chi connectivity index (χ4n) is 3.23. The molecule has 156 valence electrons. The van der Waals surface area contributed by atoms with Crippen LogP contribution in [0.2, 0.25) is 4.34 Å². The van der Waals surface area contributed by atoms with E-state index in [1.54, 1.807) is 12.1 Å². The maximum absolute atomic E-state index is 13.1. The summed E-state index contributed by atoms with van der Waals surface area (Å²) in [5.41, 5.74) is 5.75. The molecule has 1 aliphatic heterocycles. The first-order valence-electron chi connectivity index (χ1n) is 8.67. The monoisotopic (exact) mass is 454 g/mol. The van der Waals surface area contributed by atoms with Crippen LogP contribution in [0.1, 0.15) is 32.6 Å². The number of hydrogen-bond acceptors (Lipinski definition) is 4. The summed E-state index contributed by atoms with van der Waals surface area (Å²) < 4.78 is 40.4. The molecule has 4 rings (SSSR count). The molecule has 0 bridgehead atoms. The van der Waals surface area contributed by atoms with Gasteiger partial charge in [0.15, 0.2) is 0 Å². The first-order chi connectivity index (χ1) is 14.1. The Morgan fingerprint density at radius 1 is 1.17 bits per heavy atom. The van der Waals surface area contributed by atoms with Gasteiger partial charge in [0.1, 0.15) is 5.69 Å². The van der Waals surface area contributed by atoms with Gasteiger partial charge in [0.2, 0.25) is 0 Å². The zero-order chi connectivity index (χ0) is 21.6. The number of nitrogens with zero attached hydrogens (tertiary/aromatic N) is 2. The molecule has 2 amide bonds. The minimum Gasteiger partial charge on any atom is -0.325 e. The Morgan fingerprint density at radius 2 is 1.87 bits per heavy atom. The molecule has 2 aromatic heterocycles. The van der Waals surface area contributed by atoms with Gasteiger partial charge in [0.05, 0.1) is 33.2 Å². The highest BCUT2D eigenvalue weighted by molar-refractivity contribution is 7.20. The summed E-state index contributed by atoms with van der Waals surface area (Å²) in [5.74, 6) is -1.05. The molecule has 0 saturated heterocycles. The number of amides is 2. The number of alkyl halides is 3. The van der Waals surface area contributed by atoms with E-state index in [9.17, 15) is 22.8 Å². The second kappa shape index (κ2) is 7.46. The number of benzene rings is 1. The van der Waals surface area contributed by atoms with Crippen molar-refractivity contribution in [3.8, 4) is 0 Å². The number of thiophene rings is 1. The van der Waals surface area contributed by atoms with E-state index in [4.69, 9.17) is 17.3 Å². The number of halogens is 4. The van der Waals surface area contributed by atoms with Crippen LogP contribution in [-0.2, 0) is 6.18 Å². The molecule has 0 fully saturated rings. The van der Waals surface area contributed by atoms with Crippen LogP contribution in [0.25, 0.3) is 0 Å². The lowest BCUT2D eigenvalue weighted by molar-refractivity contribution is -0.137. The van der Waals surface area contributed by atoms with Crippen LogP contribution in [0.5, 0.6) is 0 Å². The van der Waals surface area contributed by atoms with Crippen LogP contribution < -0.4 is 16.0 Å². The fourth-order valence-corrected chi connectivity index (χ4v) is 4.17.